The van der Waals surface area contributed by atoms with Gasteiger partial charge < -0.3 is 14.3 Å². The van der Waals surface area contributed by atoms with Gasteiger partial charge in [-0.15, -0.1) is 0 Å². The smallest absolute Gasteiger partial charge is 0.316 e. The molecule has 0 rings (SSSR count). The van der Waals surface area contributed by atoms with Crippen LogP contribution in [0.1, 0.15) is 111 Å². The largest absolute Gasteiger partial charge is 0.481 e. The zero-order valence-electron chi connectivity index (χ0n) is 21.5. The minimum atomic E-state index is -1.07. The van der Waals surface area contributed by atoms with Crippen LogP contribution in [0.25, 0.3) is 0 Å². The lowest BCUT2D eigenvalue weighted by Crippen LogP contribution is -2.49. The van der Waals surface area contributed by atoms with Crippen molar-refractivity contribution < 1.29 is 23.9 Å². The van der Waals surface area contributed by atoms with E-state index in [1.807, 2.05) is 35.0 Å². The van der Waals surface area contributed by atoms with Crippen molar-refractivity contribution in [1.29, 1.82) is 0 Å². The highest BCUT2D eigenvalue weighted by Crippen LogP contribution is 2.19. The molecule has 0 aromatic heterocycles. The summed E-state index contributed by atoms with van der Waals surface area (Å²) in [6, 6.07) is 0. The van der Waals surface area contributed by atoms with Crippen molar-refractivity contribution in [2.45, 2.75) is 123 Å². The van der Waals surface area contributed by atoms with Crippen LogP contribution in [0.2, 0.25) is 0 Å². The number of likely N-dealkylation sites (N-methyl/N-ethyl adjacent to an activating group) is 1. The van der Waals surface area contributed by atoms with Crippen LogP contribution in [-0.4, -0.2) is 61.2 Å². The minimum Gasteiger partial charge on any atom is -0.481 e. The molecule has 0 saturated heterocycles. The Labute approximate surface area is 192 Å². The maximum absolute atomic E-state index is 12.7. The number of nitrogens with zero attached hydrogens (tertiary/aromatic N) is 1. The molecule has 5 nitrogen and oxygen atoms in total. The Morgan fingerprint density at radius 2 is 1.19 bits per heavy atom. The van der Waals surface area contributed by atoms with Gasteiger partial charge in [-0.3, -0.25) is 9.59 Å². The molecule has 0 fully saturated rings. The van der Waals surface area contributed by atoms with Gasteiger partial charge in [0.15, 0.2) is 0 Å². The molecule has 2 atom stereocenters. The number of hydrogen-bond acceptors (Lipinski definition) is 3. The molecule has 184 valence electrons. The minimum absolute atomic E-state index is 0.109. The van der Waals surface area contributed by atoms with Gasteiger partial charge in [-0.05, 0) is 20.3 Å². The van der Waals surface area contributed by atoms with Crippen LogP contribution in [0.3, 0.4) is 0 Å². The average molecular weight is 443 g/mol. The monoisotopic (exact) mass is 442 g/mol. The molecule has 0 radical (unpaired) electrons. The number of rotatable bonds is 21. The molecule has 1 N–H and O–H groups in total. The summed E-state index contributed by atoms with van der Waals surface area (Å²) in [5, 5.41) is 9.72. The molecule has 5 heteroatoms. The summed E-state index contributed by atoms with van der Waals surface area (Å²) in [6.45, 7) is 6.53. The molecular weight excluding hydrogens is 390 g/mol. The molecule has 0 heterocycles. The summed E-state index contributed by atoms with van der Waals surface area (Å²) in [4.78, 5) is 24.6. The molecule has 0 saturated carbocycles. The second kappa shape index (κ2) is 17.6. The van der Waals surface area contributed by atoms with Gasteiger partial charge in [0.25, 0.3) is 0 Å². The molecule has 31 heavy (non-hydrogen) atoms. The van der Waals surface area contributed by atoms with E-state index in [0.29, 0.717) is 17.4 Å². The van der Waals surface area contributed by atoms with Gasteiger partial charge in [-0.25, -0.2) is 0 Å². The van der Waals surface area contributed by atoms with Gasteiger partial charge in [0.2, 0.25) is 0 Å². The number of Topliss-reactive ketones (excluding diaryl/α,β-unsaturated/α-hetero) is 1. The third-order valence-electron chi connectivity index (χ3n) is 5.69. The highest BCUT2D eigenvalue weighted by Gasteiger charge is 2.38. The van der Waals surface area contributed by atoms with Gasteiger partial charge in [0.05, 0.1) is 27.2 Å². The van der Waals surface area contributed by atoms with Crippen LogP contribution < -0.4 is 0 Å². The van der Waals surface area contributed by atoms with Crippen molar-refractivity contribution in [3.05, 3.63) is 0 Å². The van der Waals surface area contributed by atoms with Gasteiger partial charge >= 0.3 is 5.97 Å². The lowest BCUT2D eigenvalue weighted by Gasteiger charge is -2.32. The summed E-state index contributed by atoms with van der Waals surface area (Å²) < 4.78 is 6.44. The van der Waals surface area contributed by atoms with E-state index in [1.54, 1.807) is 0 Å². The number of aliphatic carboxylic acids is 1. The predicted octanol–water partition coefficient (Wildman–Crippen LogP) is 6.24. The first-order valence-electron chi connectivity index (χ1n) is 12.8. The Balaban J connectivity index is 4.13. The van der Waals surface area contributed by atoms with Gasteiger partial charge in [-0.1, -0.05) is 84.0 Å². The maximum Gasteiger partial charge on any atom is 0.316 e. The Morgan fingerprint density at radius 3 is 1.55 bits per heavy atom. The van der Waals surface area contributed by atoms with Crippen molar-refractivity contribution >= 4 is 11.8 Å². The van der Waals surface area contributed by atoms with Crippen LogP contribution in [0.15, 0.2) is 0 Å². The number of unbranched alkanes of at least 4 members (excludes halogenated alkanes) is 12. The quantitative estimate of drug-likeness (QED) is 0.130. The van der Waals surface area contributed by atoms with Gasteiger partial charge in [-0.2, -0.15) is 0 Å². The number of carboxylic acid groups (broad SMARTS) is 1. The van der Waals surface area contributed by atoms with E-state index in [4.69, 9.17) is 4.74 Å². The third-order valence-corrected chi connectivity index (χ3v) is 5.69. The first-order valence-corrected chi connectivity index (χ1v) is 12.8. The summed E-state index contributed by atoms with van der Waals surface area (Å²) >= 11 is 0. The van der Waals surface area contributed by atoms with Crippen molar-refractivity contribution in [3.8, 4) is 0 Å². The lowest BCUT2D eigenvalue weighted by molar-refractivity contribution is -0.874. The standard InChI is InChI=1S/C26H51NO4/c1-7-8-9-10-11-12-13-14-15-16-17-18-19-20-23(28)25(26(29)30)24(31-22(2)3)21-27(4,5)6/h22,24-25H,7-21H2,1-6H3/p+1. The van der Waals surface area contributed by atoms with Crippen molar-refractivity contribution in [1.82, 2.24) is 0 Å². The second-order valence-corrected chi connectivity index (χ2v) is 10.5. The zero-order chi connectivity index (χ0) is 23.7. The molecule has 0 aliphatic rings. The normalized spacial score (nSPS) is 14.0. The molecule has 0 aromatic carbocycles. The van der Waals surface area contributed by atoms with E-state index in [2.05, 4.69) is 6.92 Å². The van der Waals surface area contributed by atoms with Gasteiger partial charge in [0.1, 0.15) is 24.3 Å². The first kappa shape index (κ1) is 30.1. The fourth-order valence-corrected chi connectivity index (χ4v) is 4.09. The van der Waals surface area contributed by atoms with Crippen molar-refractivity contribution in [2.24, 2.45) is 5.92 Å². The van der Waals surface area contributed by atoms with Crippen molar-refractivity contribution in [2.75, 3.05) is 27.7 Å². The number of carboxylic acids is 1. The van der Waals surface area contributed by atoms with Gasteiger partial charge in [0, 0.05) is 6.42 Å². The fraction of sp³-hybridized carbons (Fsp3) is 0.923. The van der Waals surface area contributed by atoms with Crippen LogP contribution in [0.4, 0.5) is 0 Å². The first-order chi connectivity index (χ1) is 14.6. The van der Waals surface area contributed by atoms with E-state index >= 15 is 0 Å². The molecule has 0 amide bonds. The lowest BCUT2D eigenvalue weighted by atomic mass is 9.92. The molecule has 0 aliphatic carbocycles. The van der Waals surface area contributed by atoms with Crippen LogP contribution in [0, 0.1) is 5.92 Å². The number of ether oxygens (including phenoxy) is 1. The SMILES string of the molecule is CCCCCCCCCCCCCCCC(=O)C(C(=O)O)C(C[N+](C)(C)C)OC(C)C. The van der Waals surface area contributed by atoms with Crippen LogP contribution >= 0.6 is 0 Å². The average Bonchev–Trinajstić information content (AvgIpc) is 2.63. The summed E-state index contributed by atoms with van der Waals surface area (Å²) in [5.41, 5.74) is 0. The summed E-state index contributed by atoms with van der Waals surface area (Å²) in [5.74, 6) is -2.31. The van der Waals surface area contributed by atoms with E-state index in [-0.39, 0.29) is 11.9 Å². The van der Waals surface area contributed by atoms with Crippen molar-refractivity contribution in [3.63, 3.8) is 0 Å². The van der Waals surface area contributed by atoms with E-state index in [1.165, 1.54) is 64.2 Å². The second-order valence-electron chi connectivity index (χ2n) is 10.5. The molecule has 0 spiro atoms. The molecule has 0 aliphatic heterocycles. The number of hydrogen-bond donors (Lipinski definition) is 1. The number of quaternary nitrogens is 1. The number of ketones is 1. The zero-order valence-corrected chi connectivity index (χ0v) is 21.5. The van der Waals surface area contributed by atoms with E-state index in [9.17, 15) is 14.7 Å². The van der Waals surface area contributed by atoms with Crippen LogP contribution in [0.5, 0.6) is 0 Å². The summed E-state index contributed by atoms with van der Waals surface area (Å²) in [6.07, 6.45) is 15.9. The van der Waals surface area contributed by atoms with E-state index < -0.39 is 18.0 Å². The third kappa shape index (κ3) is 17.3. The summed E-state index contributed by atoms with van der Waals surface area (Å²) in [7, 11) is 5.98. The molecule has 0 bridgehead atoms. The number of carbonyl (C=O) groups is 2. The van der Waals surface area contributed by atoms with Crippen LogP contribution in [-0.2, 0) is 14.3 Å². The highest BCUT2D eigenvalue weighted by atomic mass is 16.5. The molecule has 0 aromatic rings. The molecule has 2 unspecified atom stereocenters. The Morgan fingerprint density at radius 1 is 0.774 bits per heavy atom. The number of carbonyl (C=O) groups excluding carboxylic acids is 1. The van der Waals surface area contributed by atoms with E-state index in [0.717, 1.165) is 19.3 Å². The Hall–Kier alpha value is -0.940. The maximum atomic E-state index is 12.7. The topological polar surface area (TPSA) is 63.6 Å². The Bertz CT molecular complexity index is 471. The Kier molecular flexibility index (Phi) is 17.1. The fourth-order valence-electron chi connectivity index (χ4n) is 4.09. The molecular formula is C26H52NO4+. The highest BCUT2D eigenvalue weighted by molar-refractivity contribution is 5.98. The predicted molar refractivity (Wildman–Crippen MR) is 129 cm³/mol.